The number of benzene rings is 3. The van der Waals surface area contributed by atoms with E-state index in [4.69, 9.17) is 4.74 Å². The number of hydrogen-bond donors (Lipinski definition) is 1. The zero-order valence-corrected chi connectivity index (χ0v) is 21.4. The molecule has 1 aromatic heterocycles. The number of thioether (sulfide) groups is 1. The Kier molecular flexibility index (Phi) is 7.83. The van der Waals surface area contributed by atoms with Crippen molar-refractivity contribution in [2.75, 3.05) is 5.32 Å². The van der Waals surface area contributed by atoms with Crippen LogP contribution in [0.3, 0.4) is 0 Å². The van der Waals surface area contributed by atoms with Crippen LogP contribution >= 0.6 is 23.1 Å². The van der Waals surface area contributed by atoms with Crippen LogP contribution in [0.5, 0.6) is 5.75 Å². The summed E-state index contributed by atoms with van der Waals surface area (Å²) in [5.41, 5.74) is 3.85. The van der Waals surface area contributed by atoms with Gasteiger partial charge in [0, 0.05) is 11.3 Å². The van der Waals surface area contributed by atoms with Gasteiger partial charge in [-0.25, -0.2) is 4.39 Å². The lowest BCUT2D eigenvalue weighted by Crippen LogP contribution is -2.11. The molecule has 0 bridgehead atoms. The fourth-order valence-electron chi connectivity index (χ4n) is 3.18. The number of halogens is 1. The second-order valence-corrected chi connectivity index (χ2v) is 11.2. The van der Waals surface area contributed by atoms with E-state index < -0.39 is 0 Å². The molecular formula is C27H26FN3O2S2. The number of anilines is 1. The van der Waals surface area contributed by atoms with Gasteiger partial charge >= 0.3 is 0 Å². The van der Waals surface area contributed by atoms with Gasteiger partial charge in [0.25, 0.3) is 5.91 Å². The highest BCUT2D eigenvalue weighted by Gasteiger charge is 2.13. The maximum atomic E-state index is 13.0. The third-order valence-corrected chi connectivity index (χ3v) is 7.29. The van der Waals surface area contributed by atoms with E-state index in [0.29, 0.717) is 23.1 Å². The molecule has 35 heavy (non-hydrogen) atoms. The monoisotopic (exact) mass is 507 g/mol. The van der Waals surface area contributed by atoms with Crippen molar-refractivity contribution in [2.24, 2.45) is 0 Å². The van der Waals surface area contributed by atoms with Crippen LogP contribution in [0.1, 0.15) is 47.8 Å². The number of nitrogens with one attached hydrogen (secondary N) is 1. The van der Waals surface area contributed by atoms with Crippen LogP contribution in [-0.4, -0.2) is 16.1 Å². The molecule has 0 radical (unpaired) electrons. The van der Waals surface area contributed by atoms with E-state index in [1.54, 1.807) is 24.3 Å². The average Bonchev–Trinajstić information content (AvgIpc) is 3.29. The van der Waals surface area contributed by atoms with Gasteiger partial charge in [0.05, 0.1) is 0 Å². The van der Waals surface area contributed by atoms with Crippen LogP contribution in [0.15, 0.2) is 77.1 Å². The van der Waals surface area contributed by atoms with E-state index in [-0.39, 0.29) is 17.1 Å². The summed E-state index contributed by atoms with van der Waals surface area (Å²) < 4.78 is 19.6. The number of rotatable bonds is 8. The van der Waals surface area contributed by atoms with E-state index in [2.05, 4.69) is 48.4 Å². The van der Waals surface area contributed by atoms with Gasteiger partial charge in [-0.3, -0.25) is 10.1 Å². The minimum Gasteiger partial charge on any atom is -0.489 e. The molecule has 0 aliphatic heterocycles. The van der Waals surface area contributed by atoms with Gasteiger partial charge in [-0.2, -0.15) is 0 Å². The molecule has 0 aliphatic carbocycles. The van der Waals surface area contributed by atoms with Crippen molar-refractivity contribution in [2.45, 2.75) is 42.9 Å². The third kappa shape index (κ3) is 7.13. The van der Waals surface area contributed by atoms with Gasteiger partial charge in [-0.1, -0.05) is 80.3 Å². The van der Waals surface area contributed by atoms with Crippen LogP contribution in [0.25, 0.3) is 0 Å². The van der Waals surface area contributed by atoms with Crippen molar-refractivity contribution in [3.05, 3.63) is 101 Å². The first kappa shape index (κ1) is 24.9. The highest BCUT2D eigenvalue weighted by Crippen LogP contribution is 2.29. The van der Waals surface area contributed by atoms with Crippen LogP contribution in [0, 0.1) is 5.82 Å². The largest absolute Gasteiger partial charge is 0.489 e. The number of hydrogen-bond acceptors (Lipinski definition) is 6. The van der Waals surface area contributed by atoms with Crippen molar-refractivity contribution in [1.82, 2.24) is 10.2 Å². The maximum absolute atomic E-state index is 13.0. The van der Waals surface area contributed by atoms with Crippen LogP contribution in [0.2, 0.25) is 0 Å². The molecule has 0 atom stereocenters. The molecular weight excluding hydrogens is 481 g/mol. The molecule has 8 heteroatoms. The summed E-state index contributed by atoms with van der Waals surface area (Å²) in [6.07, 6.45) is 0. The standard InChI is InChI=1S/C27H26FN3O2S2/c1-27(2,3)21-10-14-23(15-11-21)33-16-18-4-8-20(9-5-18)24(32)29-25-30-31-26(35-25)34-17-19-6-12-22(28)13-7-19/h4-15H,16-17H2,1-3H3,(H,29,30,32). The summed E-state index contributed by atoms with van der Waals surface area (Å²) in [7, 11) is 0. The number of carbonyl (C=O) groups is 1. The fraction of sp³-hybridized carbons (Fsp3) is 0.222. The lowest BCUT2D eigenvalue weighted by Gasteiger charge is -2.19. The van der Waals surface area contributed by atoms with Crippen LogP contribution in [-0.2, 0) is 17.8 Å². The summed E-state index contributed by atoms with van der Waals surface area (Å²) >= 11 is 2.79. The van der Waals surface area contributed by atoms with Crippen molar-refractivity contribution < 1.29 is 13.9 Å². The molecule has 1 N–H and O–H groups in total. The molecule has 1 heterocycles. The van der Waals surface area contributed by atoms with Gasteiger partial charge in [0.1, 0.15) is 18.2 Å². The van der Waals surface area contributed by atoms with Gasteiger partial charge < -0.3 is 4.74 Å². The second kappa shape index (κ2) is 11.0. The second-order valence-electron chi connectivity index (χ2n) is 9.00. The van der Waals surface area contributed by atoms with Crippen molar-refractivity contribution in [3.63, 3.8) is 0 Å². The normalized spacial score (nSPS) is 11.3. The predicted octanol–water partition coefficient (Wildman–Crippen LogP) is 7.10. The lowest BCUT2D eigenvalue weighted by molar-refractivity contribution is 0.102. The molecule has 0 spiro atoms. The fourth-order valence-corrected chi connectivity index (χ4v) is 4.89. The highest BCUT2D eigenvalue weighted by molar-refractivity contribution is 8.00. The van der Waals surface area contributed by atoms with Gasteiger partial charge in [0.2, 0.25) is 5.13 Å². The number of amides is 1. The highest BCUT2D eigenvalue weighted by atomic mass is 32.2. The summed E-state index contributed by atoms with van der Waals surface area (Å²) in [4.78, 5) is 12.6. The smallest absolute Gasteiger partial charge is 0.257 e. The molecule has 180 valence electrons. The number of ether oxygens (including phenoxy) is 1. The number of aromatic nitrogens is 2. The Morgan fingerprint density at radius 3 is 2.26 bits per heavy atom. The van der Waals surface area contributed by atoms with Gasteiger partial charge in [-0.05, 0) is 58.5 Å². The van der Waals surface area contributed by atoms with E-state index >= 15 is 0 Å². The first-order chi connectivity index (χ1) is 16.8. The van der Waals surface area contributed by atoms with Crippen LogP contribution in [0.4, 0.5) is 9.52 Å². The molecule has 0 fully saturated rings. The first-order valence-corrected chi connectivity index (χ1v) is 12.9. The van der Waals surface area contributed by atoms with Crippen LogP contribution < -0.4 is 10.1 Å². The zero-order chi connectivity index (χ0) is 24.8. The summed E-state index contributed by atoms with van der Waals surface area (Å²) in [5.74, 6) is 0.949. The Labute approximate surface area is 212 Å². The van der Waals surface area contributed by atoms with Gasteiger partial charge in [0.15, 0.2) is 4.34 Å². The van der Waals surface area contributed by atoms with E-state index in [1.807, 2.05) is 24.3 Å². The quantitative estimate of drug-likeness (QED) is 0.204. The Morgan fingerprint density at radius 2 is 1.60 bits per heavy atom. The molecule has 0 unspecified atom stereocenters. The summed E-state index contributed by atoms with van der Waals surface area (Å²) in [5, 5.41) is 11.4. The Hall–Kier alpha value is -3.23. The number of carbonyl (C=O) groups excluding carboxylic acids is 1. The molecule has 0 aliphatic rings. The lowest BCUT2D eigenvalue weighted by atomic mass is 9.87. The SMILES string of the molecule is CC(C)(C)c1ccc(OCc2ccc(C(=O)Nc3nnc(SCc4ccc(F)cc4)s3)cc2)cc1. The molecule has 1 amide bonds. The van der Waals surface area contributed by atoms with Crippen molar-refractivity contribution in [3.8, 4) is 5.75 Å². The summed E-state index contributed by atoms with van der Waals surface area (Å²) in [6.45, 7) is 6.96. The minimum absolute atomic E-state index is 0.105. The third-order valence-electron chi connectivity index (χ3n) is 5.24. The molecule has 0 saturated carbocycles. The Bertz CT molecular complexity index is 1270. The summed E-state index contributed by atoms with van der Waals surface area (Å²) in [6, 6.07) is 21.8. The predicted molar refractivity (Wildman–Crippen MR) is 140 cm³/mol. The van der Waals surface area contributed by atoms with Crippen molar-refractivity contribution >= 4 is 34.1 Å². The molecule has 5 nitrogen and oxygen atoms in total. The van der Waals surface area contributed by atoms with E-state index in [1.165, 1.54) is 40.8 Å². The van der Waals surface area contributed by atoms with E-state index in [0.717, 1.165) is 21.2 Å². The number of nitrogens with zero attached hydrogens (tertiary/aromatic N) is 2. The Balaban J connectivity index is 1.27. The maximum Gasteiger partial charge on any atom is 0.257 e. The molecule has 3 aromatic carbocycles. The topological polar surface area (TPSA) is 64.1 Å². The average molecular weight is 508 g/mol. The van der Waals surface area contributed by atoms with Crippen molar-refractivity contribution in [1.29, 1.82) is 0 Å². The van der Waals surface area contributed by atoms with Gasteiger partial charge in [-0.15, -0.1) is 10.2 Å². The molecule has 4 rings (SSSR count). The molecule has 4 aromatic rings. The zero-order valence-electron chi connectivity index (χ0n) is 19.7. The Morgan fingerprint density at radius 1 is 0.943 bits per heavy atom. The van der Waals surface area contributed by atoms with E-state index in [9.17, 15) is 9.18 Å². The minimum atomic E-state index is -0.258. The molecule has 0 saturated heterocycles. The first-order valence-electron chi connectivity index (χ1n) is 11.1.